The Balaban J connectivity index is -0.0000000656. The van der Waals surface area contributed by atoms with Crippen molar-refractivity contribution >= 4 is 0 Å². The quantitative estimate of drug-likeness (QED) is 0.0533. The normalized spacial score (nSPS) is 12.3. The lowest BCUT2D eigenvalue weighted by Crippen LogP contribution is -2.12. The second-order valence-corrected chi connectivity index (χ2v) is 39.5. The van der Waals surface area contributed by atoms with Gasteiger partial charge in [0.15, 0.2) is 0 Å². The number of hydrogen-bond acceptors (Lipinski definition) is 0. The molecule has 0 saturated heterocycles. The summed E-state index contributed by atoms with van der Waals surface area (Å²) in [7, 11) is 0. The van der Waals surface area contributed by atoms with Crippen molar-refractivity contribution in [2.75, 3.05) is 0 Å². The fraction of sp³-hybridized carbons (Fsp3) is 1.00. The van der Waals surface area contributed by atoms with Crippen LogP contribution in [0, 0.1) is 93.7 Å². The monoisotopic (exact) mass is 1640 g/mol. The zero-order chi connectivity index (χ0) is 91.1. The van der Waals surface area contributed by atoms with E-state index in [0.29, 0.717) is 10.8 Å². The molecule has 0 heteroatoms. The molecule has 0 aliphatic heterocycles. The number of hydrogen-bond donors (Lipinski definition) is 0. The van der Waals surface area contributed by atoms with E-state index in [1.54, 1.807) is 0 Å². The molecule has 115 heavy (non-hydrogen) atoms. The van der Waals surface area contributed by atoms with Crippen LogP contribution in [-0.4, -0.2) is 0 Å². The molecule has 0 radical (unpaired) electrons. The molecule has 0 amide bonds. The molecule has 0 aromatic rings. The van der Waals surface area contributed by atoms with Gasteiger partial charge in [-0.2, -0.15) is 0 Å². The van der Waals surface area contributed by atoms with E-state index < -0.39 is 0 Å². The van der Waals surface area contributed by atoms with Crippen molar-refractivity contribution < 1.29 is 0 Å². The van der Waals surface area contributed by atoms with E-state index in [4.69, 9.17) is 0 Å². The molecule has 0 fully saturated rings. The number of rotatable bonds is 53. The maximum atomic E-state index is 2.41. The van der Waals surface area contributed by atoms with Gasteiger partial charge in [-0.25, -0.2) is 0 Å². The predicted octanol–water partition coefficient (Wildman–Crippen LogP) is 46.5. The first-order valence-electron chi connectivity index (χ1n) is 53.2. The number of unbranched alkanes of at least 4 members (excludes halogenated alkanes) is 12. The predicted molar refractivity (Wildman–Crippen MR) is 564 cm³/mol. The lowest BCUT2D eigenvalue weighted by molar-refractivity contribution is 0.265. The third-order valence-electron chi connectivity index (χ3n) is 24.9. The Morgan fingerprint density at radius 2 is 0.461 bits per heavy atom. The van der Waals surface area contributed by atoms with Crippen LogP contribution in [0.2, 0.25) is 0 Å². The van der Waals surface area contributed by atoms with Crippen LogP contribution in [0.3, 0.4) is 0 Å². The fourth-order valence-corrected chi connectivity index (χ4v) is 11.9. The van der Waals surface area contributed by atoms with Crippen LogP contribution in [0.4, 0.5) is 0 Å². The smallest absolute Gasteiger partial charge is 0.0331 e. The molecular formula is C115H262. The average Bonchev–Trinajstić information content (AvgIpc) is 0.931. The topological polar surface area (TPSA) is 0 Å². The Bertz CT molecular complexity index is 1370. The van der Waals surface area contributed by atoms with Crippen LogP contribution in [0.25, 0.3) is 0 Å². The summed E-state index contributed by atoms with van der Waals surface area (Å²) in [6.07, 6.45) is 70.4. The molecule has 0 saturated carbocycles. The van der Waals surface area contributed by atoms with Crippen molar-refractivity contribution in [2.24, 2.45) is 93.7 Å². The molecule has 722 valence electrons. The molecule has 0 aromatic heterocycles. The summed E-state index contributed by atoms with van der Waals surface area (Å²) in [6, 6.07) is 0. The Hall–Kier alpha value is 0. The molecule has 0 N–H and O–H groups in total. The molecule has 0 aromatic carbocycles. The van der Waals surface area contributed by atoms with E-state index in [9.17, 15) is 0 Å². The first-order chi connectivity index (χ1) is 53.2. The first kappa shape index (κ1) is 152. The third kappa shape index (κ3) is 181. The highest BCUT2D eigenvalue weighted by molar-refractivity contribution is 4.70. The van der Waals surface area contributed by atoms with Crippen LogP contribution in [0.1, 0.15) is 661 Å². The van der Waals surface area contributed by atoms with E-state index >= 15 is 0 Å². The van der Waals surface area contributed by atoms with E-state index in [0.717, 1.165) is 82.9 Å². The molecule has 0 nitrogen and oxygen atoms in total. The highest BCUT2D eigenvalue weighted by Gasteiger charge is 2.18. The van der Waals surface area contributed by atoms with E-state index in [1.165, 1.54) is 327 Å². The first-order valence-corrected chi connectivity index (χ1v) is 53.2. The van der Waals surface area contributed by atoms with Crippen molar-refractivity contribution in [1.82, 2.24) is 0 Å². The summed E-state index contributed by atoms with van der Waals surface area (Å²) < 4.78 is 0. The van der Waals surface area contributed by atoms with Gasteiger partial charge in [0.2, 0.25) is 0 Å². The third-order valence-corrected chi connectivity index (χ3v) is 24.9. The summed E-state index contributed by atoms with van der Waals surface area (Å²) in [5, 5.41) is 0. The maximum absolute atomic E-state index is 2.41. The second-order valence-electron chi connectivity index (χ2n) is 39.5. The summed E-state index contributed by atoms with van der Waals surface area (Å²) >= 11 is 0. The molecule has 0 rings (SSSR count). The minimum atomic E-state index is 0. The fourth-order valence-electron chi connectivity index (χ4n) is 11.9. The summed E-state index contributed by atoms with van der Waals surface area (Å²) in [5.74, 6) is 13.1. The Morgan fingerprint density at radius 3 is 0.670 bits per heavy atom. The van der Waals surface area contributed by atoms with Crippen LogP contribution >= 0.6 is 0 Å². The average molecular weight is 1650 g/mol. The van der Waals surface area contributed by atoms with Gasteiger partial charge in [-0.05, 0) is 113 Å². The van der Waals surface area contributed by atoms with Gasteiger partial charge in [0, 0.05) is 0 Å². The standard InChI is InChI=1S/3C10H22.2C9H20.4C8H18.3C7H16.2C6H14.2CH4/c1-5-8-9-10(4,6-2)7-3;1-4-6-7-8-9-10(3)5-2;1-4-7-8-9-10(5-2)6-3;1-5-8(3)7-9(4)6-2;1-4-6-7-8-9(3)5-2;1-5-7-8(3,4)6-2;1-4-5-6-7-8(2)3;1-4-6-7-8(3)5-2;1-4-6-8(3)7-5-2;1-5-7(4)6(2)3;1-4-5-6-7(2)3;1-4-6-7(3)5-2;1-4-5-6(2)3;1-4-6(3)5-2;;/h5-9H2,1-4H3;2*10H,4-9H2,1-3H3;8-9H,5-7H2,1-4H3;9H,4-8H2,1-3H3;5-7H2,1-4H3;3*8H,4-7H2,1-3H3;6-7H,5H2,1-4H3;2*7H,4-6H2,1-3H3;2*6H,4-5H2,1-3H3;2*1H4. The molecule has 0 aliphatic carbocycles. The van der Waals surface area contributed by atoms with E-state index in [-0.39, 0.29) is 14.9 Å². The van der Waals surface area contributed by atoms with Crippen molar-refractivity contribution in [3.63, 3.8) is 0 Å². The second kappa shape index (κ2) is 132. The van der Waals surface area contributed by atoms with Crippen LogP contribution in [0.5, 0.6) is 0 Å². The lowest BCUT2D eigenvalue weighted by atomic mass is 9.80. The minimum absolute atomic E-state index is 0. The van der Waals surface area contributed by atoms with Gasteiger partial charge in [0.05, 0.1) is 0 Å². The van der Waals surface area contributed by atoms with Gasteiger partial charge < -0.3 is 0 Å². The summed E-state index contributed by atoms with van der Waals surface area (Å²) in [5.41, 5.74) is 1.23. The van der Waals surface area contributed by atoms with Gasteiger partial charge in [0.1, 0.15) is 0 Å². The summed E-state index contributed by atoms with van der Waals surface area (Å²) in [6.45, 7) is 105. The van der Waals surface area contributed by atoms with Gasteiger partial charge in [-0.1, -0.05) is 642 Å². The summed E-state index contributed by atoms with van der Waals surface area (Å²) in [4.78, 5) is 0. The molecule has 7 unspecified atom stereocenters. The van der Waals surface area contributed by atoms with Crippen LogP contribution in [-0.2, 0) is 0 Å². The van der Waals surface area contributed by atoms with Gasteiger partial charge >= 0.3 is 0 Å². The van der Waals surface area contributed by atoms with E-state index in [1.807, 2.05) is 0 Å². The highest BCUT2D eigenvalue weighted by atomic mass is 14.2. The van der Waals surface area contributed by atoms with Gasteiger partial charge in [0.25, 0.3) is 0 Å². The van der Waals surface area contributed by atoms with Crippen molar-refractivity contribution in [1.29, 1.82) is 0 Å². The van der Waals surface area contributed by atoms with E-state index in [2.05, 4.69) is 318 Å². The van der Waals surface area contributed by atoms with Crippen molar-refractivity contribution in [3.05, 3.63) is 0 Å². The van der Waals surface area contributed by atoms with Crippen LogP contribution < -0.4 is 0 Å². The van der Waals surface area contributed by atoms with Crippen molar-refractivity contribution in [2.45, 2.75) is 661 Å². The molecule has 0 heterocycles. The van der Waals surface area contributed by atoms with Gasteiger partial charge in [-0.3, -0.25) is 0 Å². The van der Waals surface area contributed by atoms with Crippen LogP contribution in [0.15, 0.2) is 0 Å². The molecular weight excluding hydrogens is 1380 g/mol. The zero-order valence-corrected chi connectivity index (χ0v) is 91.1. The molecule has 0 spiro atoms. The molecule has 7 atom stereocenters. The Kier molecular flexibility index (Phi) is 175. The van der Waals surface area contributed by atoms with Gasteiger partial charge in [-0.15, -0.1) is 0 Å². The Morgan fingerprint density at radius 1 is 0.191 bits per heavy atom. The maximum Gasteiger partial charge on any atom is -0.0331 e. The lowest BCUT2D eigenvalue weighted by Gasteiger charge is -2.26. The molecule has 0 aliphatic rings. The largest absolute Gasteiger partial charge is 0.0776 e. The Labute approximate surface area is 749 Å². The zero-order valence-electron chi connectivity index (χ0n) is 91.1. The SMILES string of the molecule is C.C.CCC(C)C(C)C.CCC(C)CC.CCC(C)CC(C)CC.CCCC(C)(C)CC.CCCC(C)C.CCCC(C)CC.CCCC(C)CCC.CCCCC(C)(CC)CC.CCCCC(C)C.CCCCC(C)CC.CCCCCC(C)C.CCCCCC(C)CC.CCCCCC(CC)CC.CCCCCCC(C)CC. The minimum Gasteiger partial charge on any atom is -0.0776 e. The highest BCUT2D eigenvalue weighted by Crippen LogP contribution is 2.31. The molecule has 0 bridgehead atoms. The van der Waals surface area contributed by atoms with Crippen molar-refractivity contribution in [3.8, 4) is 0 Å².